The number of rotatable bonds is 10. The Morgan fingerprint density at radius 3 is 2.74 bits per heavy atom. The van der Waals surface area contributed by atoms with E-state index < -0.39 is 0 Å². The Bertz CT molecular complexity index is 590. The fourth-order valence-electron chi connectivity index (χ4n) is 3.39. The first kappa shape index (κ1) is 21.3. The fraction of sp³-hybridized carbons (Fsp3) is 0.750. The molecule has 2 N–H and O–H groups in total. The van der Waals surface area contributed by atoms with Crippen LogP contribution in [-0.2, 0) is 16.1 Å². The number of carbonyl (C=O) groups is 1. The third kappa shape index (κ3) is 7.23. The highest BCUT2D eigenvalue weighted by atomic mass is 16.5. The molecule has 7 nitrogen and oxygen atoms in total. The number of aromatic nitrogens is 1. The zero-order valence-electron chi connectivity index (χ0n) is 16.9. The zero-order chi connectivity index (χ0) is 19.5. The van der Waals surface area contributed by atoms with Gasteiger partial charge in [0.1, 0.15) is 6.10 Å². The molecule has 0 amide bonds. The van der Waals surface area contributed by atoms with Gasteiger partial charge in [0.2, 0.25) is 0 Å². The minimum Gasteiger partial charge on any atom is -0.462 e. The molecule has 0 unspecified atom stereocenters. The highest BCUT2D eigenvalue weighted by Crippen LogP contribution is 2.22. The molecule has 1 aliphatic rings. The quantitative estimate of drug-likeness (QED) is 0.280. The summed E-state index contributed by atoms with van der Waals surface area (Å²) in [6, 6.07) is 2.01. The van der Waals surface area contributed by atoms with E-state index in [4.69, 9.17) is 9.26 Å². The molecule has 0 saturated heterocycles. The number of hydrogen-bond donors (Lipinski definition) is 2. The smallest absolute Gasteiger partial charge is 0.306 e. The van der Waals surface area contributed by atoms with Crippen molar-refractivity contribution in [3.8, 4) is 0 Å². The van der Waals surface area contributed by atoms with Gasteiger partial charge in [-0.1, -0.05) is 19.0 Å². The van der Waals surface area contributed by atoms with Gasteiger partial charge in [0, 0.05) is 32.0 Å². The van der Waals surface area contributed by atoms with Crippen molar-refractivity contribution in [1.82, 2.24) is 15.8 Å². The number of nitrogens with one attached hydrogen (secondary N) is 2. The predicted molar refractivity (Wildman–Crippen MR) is 106 cm³/mol. The lowest BCUT2D eigenvalue weighted by Gasteiger charge is -2.12. The molecule has 0 radical (unpaired) electrons. The number of guanidine groups is 1. The first-order valence-corrected chi connectivity index (χ1v) is 10.3. The second-order valence-corrected chi connectivity index (χ2v) is 7.08. The maximum Gasteiger partial charge on any atom is 0.306 e. The maximum atomic E-state index is 11.8. The van der Waals surface area contributed by atoms with Gasteiger partial charge >= 0.3 is 5.97 Å². The molecule has 1 heterocycles. The van der Waals surface area contributed by atoms with Gasteiger partial charge in [0.15, 0.2) is 11.7 Å². The minimum atomic E-state index is -0.0951. The molecule has 1 aliphatic carbocycles. The van der Waals surface area contributed by atoms with Crippen LogP contribution in [0.25, 0.3) is 0 Å². The molecule has 2 rings (SSSR count). The van der Waals surface area contributed by atoms with Crippen molar-refractivity contribution in [1.29, 1.82) is 0 Å². The molecule has 27 heavy (non-hydrogen) atoms. The van der Waals surface area contributed by atoms with Crippen LogP contribution in [0.15, 0.2) is 15.6 Å². The second-order valence-electron chi connectivity index (χ2n) is 7.08. The second kappa shape index (κ2) is 11.6. The van der Waals surface area contributed by atoms with E-state index in [0.717, 1.165) is 37.1 Å². The van der Waals surface area contributed by atoms with Crippen LogP contribution < -0.4 is 10.6 Å². The van der Waals surface area contributed by atoms with Crippen LogP contribution in [0.5, 0.6) is 0 Å². The van der Waals surface area contributed by atoms with Crippen LogP contribution in [-0.4, -0.2) is 36.8 Å². The Hall–Kier alpha value is -2.05. The summed E-state index contributed by atoms with van der Waals surface area (Å²) in [6.07, 6.45) is 7.78. The first-order chi connectivity index (χ1) is 13.2. The Kier molecular flexibility index (Phi) is 9.15. The van der Waals surface area contributed by atoms with Gasteiger partial charge < -0.3 is 19.9 Å². The largest absolute Gasteiger partial charge is 0.462 e. The Balaban J connectivity index is 1.63. The van der Waals surface area contributed by atoms with Gasteiger partial charge in [-0.3, -0.25) is 9.79 Å². The lowest BCUT2D eigenvalue weighted by molar-refractivity contribution is -0.148. The van der Waals surface area contributed by atoms with Crippen molar-refractivity contribution in [2.75, 3.05) is 13.6 Å². The van der Waals surface area contributed by atoms with Crippen molar-refractivity contribution in [2.45, 2.75) is 83.8 Å². The highest BCUT2D eigenvalue weighted by Gasteiger charge is 2.18. The van der Waals surface area contributed by atoms with Crippen molar-refractivity contribution in [3.05, 3.63) is 17.5 Å². The van der Waals surface area contributed by atoms with Crippen LogP contribution in [0.3, 0.4) is 0 Å². The number of carbonyl (C=O) groups excluding carboxylic acids is 1. The number of aliphatic imine (C=N–C) groups is 1. The van der Waals surface area contributed by atoms with E-state index in [1.54, 1.807) is 7.05 Å². The summed E-state index contributed by atoms with van der Waals surface area (Å²) >= 11 is 0. The molecule has 1 saturated carbocycles. The molecule has 1 aromatic heterocycles. The van der Waals surface area contributed by atoms with Gasteiger partial charge in [0.05, 0.1) is 12.2 Å². The molecule has 0 aromatic carbocycles. The summed E-state index contributed by atoms with van der Waals surface area (Å²) in [6.45, 7) is 5.51. The van der Waals surface area contributed by atoms with E-state index in [9.17, 15) is 4.79 Å². The summed E-state index contributed by atoms with van der Waals surface area (Å²) in [5.41, 5.74) is 1.01. The molecular formula is C20H34N4O3. The molecule has 152 valence electrons. The maximum absolute atomic E-state index is 11.8. The van der Waals surface area contributed by atoms with Crippen LogP contribution in [0.2, 0.25) is 0 Å². The predicted octanol–water partition coefficient (Wildman–Crippen LogP) is 3.51. The average molecular weight is 379 g/mol. The number of esters is 1. The average Bonchev–Trinajstić information content (AvgIpc) is 3.34. The highest BCUT2D eigenvalue weighted by molar-refractivity contribution is 5.79. The Morgan fingerprint density at radius 1 is 1.33 bits per heavy atom. The Labute approximate surface area is 162 Å². The van der Waals surface area contributed by atoms with Crippen molar-refractivity contribution in [2.24, 2.45) is 4.99 Å². The van der Waals surface area contributed by atoms with E-state index in [1.807, 2.05) is 6.07 Å². The van der Waals surface area contributed by atoms with Crippen molar-refractivity contribution in [3.63, 3.8) is 0 Å². The summed E-state index contributed by atoms with van der Waals surface area (Å²) in [5.74, 6) is 1.82. The summed E-state index contributed by atoms with van der Waals surface area (Å²) in [5, 5.41) is 10.6. The standard InChI is InChI=1S/C20H34N4O3/c1-4-15(5-2)18-13-17(27-24-18)14-23-20(21-3)22-12-8-11-19(25)26-16-9-6-7-10-16/h13,15-16H,4-12,14H2,1-3H3,(H2,21,22,23). The Morgan fingerprint density at radius 2 is 2.07 bits per heavy atom. The minimum absolute atomic E-state index is 0.0951. The topological polar surface area (TPSA) is 88.8 Å². The van der Waals surface area contributed by atoms with E-state index in [0.29, 0.717) is 37.8 Å². The van der Waals surface area contributed by atoms with Crippen LogP contribution in [0.4, 0.5) is 0 Å². The fourth-order valence-corrected chi connectivity index (χ4v) is 3.39. The lowest BCUT2D eigenvalue weighted by atomic mass is 9.99. The lowest BCUT2D eigenvalue weighted by Crippen LogP contribution is -2.37. The van der Waals surface area contributed by atoms with Gasteiger partial charge in [-0.25, -0.2) is 0 Å². The molecule has 1 fully saturated rings. The van der Waals surface area contributed by atoms with E-state index in [1.165, 1.54) is 12.8 Å². The van der Waals surface area contributed by atoms with Crippen LogP contribution in [0.1, 0.15) is 82.6 Å². The molecule has 0 bridgehead atoms. The molecule has 1 aromatic rings. The third-order valence-electron chi connectivity index (χ3n) is 5.09. The third-order valence-corrected chi connectivity index (χ3v) is 5.09. The van der Waals surface area contributed by atoms with E-state index in [-0.39, 0.29) is 12.1 Å². The normalized spacial score (nSPS) is 15.3. The summed E-state index contributed by atoms with van der Waals surface area (Å²) in [4.78, 5) is 16.0. The SMILES string of the molecule is CCC(CC)c1cc(CNC(=NC)NCCCC(=O)OC2CCCC2)on1. The van der Waals surface area contributed by atoms with Gasteiger partial charge in [0.25, 0.3) is 0 Å². The molecular weight excluding hydrogens is 344 g/mol. The molecule has 0 atom stereocenters. The van der Waals surface area contributed by atoms with E-state index >= 15 is 0 Å². The number of ether oxygens (including phenoxy) is 1. The monoisotopic (exact) mass is 378 g/mol. The number of hydrogen-bond acceptors (Lipinski definition) is 5. The molecule has 0 spiro atoms. The van der Waals surface area contributed by atoms with Gasteiger partial charge in [-0.2, -0.15) is 0 Å². The van der Waals surface area contributed by atoms with E-state index in [2.05, 4.69) is 34.6 Å². The van der Waals surface area contributed by atoms with Gasteiger partial charge in [-0.15, -0.1) is 0 Å². The number of nitrogens with zero attached hydrogens (tertiary/aromatic N) is 2. The summed E-state index contributed by atoms with van der Waals surface area (Å²) in [7, 11) is 1.72. The first-order valence-electron chi connectivity index (χ1n) is 10.3. The summed E-state index contributed by atoms with van der Waals surface area (Å²) < 4.78 is 10.9. The van der Waals surface area contributed by atoms with Crippen LogP contribution in [0, 0.1) is 0 Å². The van der Waals surface area contributed by atoms with Crippen LogP contribution >= 0.6 is 0 Å². The zero-order valence-corrected chi connectivity index (χ0v) is 16.9. The molecule has 7 heteroatoms. The van der Waals surface area contributed by atoms with Crippen molar-refractivity contribution >= 4 is 11.9 Å². The van der Waals surface area contributed by atoms with Gasteiger partial charge in [-0.05, 0) is 44.9 Å². The van der Waals surface area contributed by atoms with Crippen molar-refractivity contribution < 1.29 is 14.1 Å². The molecule has 0 aliphatic heterocycles.